The number of hydrogen-bond acceptors (Lipinski definition) is 1. The lowest BCUT2D eigenvalue weighted by Gasteiger charge is -2.15. The van der Waals surface area contributed by atoms with E-state index in [0.29, 0.717) is 0 Å². The van der Waals surface area contributed by atoms with E-state index in [0.717, 1.165) is 12.8 Å². The van der Waals surface area contributed by atoms with Gasteiger partial charge in [-0.15, -0.1) is 6.42 Å². The van der Waals surface area contributed by atoms with Gasteiger partial charge in [0.2, 0.25) is 0 Å². The van der Waals surface area contributed by atoms with Gasteiger partial charge in [0.1, 0.15) is 0 Å². The fourth-order valence-corrected chi connectivity index (χ4v) is 1.72. The highest BCUT2D eigenvalue weighted by Gasteiger charge is 2.42. The SMILES string of the molecule is C#CC1(c2cccc(N(C)C)c2)CC1. The molecule has 0 N–H and O–H groups in total. The molecule has 0 amide bonds. The molecule has 0 aromatic heterocycles. The van der Waals surface area contributed by atoms with Crippen LogP contribution in [0.4, 0.5) is 5.69 Å². The van der Waals surface area contributed by atoms with Crippen molar-refractivity contribution in [2.45, 2.75) is 18.3 Å². The summed E-state index contributed by atoms with van der Waals surface area (Å²) in [5, 5.41) is 0. The largest absolute Gasteiger partial charge is 0.378 e. The molecule has 0 atom stereocenters. The Labute approximate surface area is 85.7 Å². The second-order valence-corrected chi connectivity index (χ2v) is 4.17. The molecule has 0 bridgehead atoms. The molecule has 1 fully saturated rings. The van der Waals surface area contributed by atoms with Gasteiger partial charge in [0.05, 0.1) is 5.41 Å². The molecule has 0 heterocycles. The van der Waals surface area contributed by atoms with Crippen molar-refractivity contribution in [3.05, 3.63) is 29.8 Å². The molecule has 0 radical (unpaired) electrons. The van der Waals surface area contributed by atoms with Gasteiger partial charge in [-0.3, -0.25) is 0 Å². The van der Waals surface area contributed by atoms with E-state index in [1.165, 1.54) is 11.3 Å². The van der Waals surface area contributed by atoms with Crippen LogP contribution in [0.15, 0.2) is 24.3 Å². The Bertz CT molecular complexity index is 380. The average molecular weight is 185 g/mol. The quantitative estimate of drug-likeness (QED) is 0.640. The minimum Gasteiger partial charge on any atom is -0.378 e. The lowest BCUT2D eigenvalue weighted by atomic mass is 9.96. The van der Waals surface area contributed by atoms with Crippen molar-refractivity contribution in [2.75, 3.05) is 19.0 Å². The maximum atomic E-state index is 5.56. The van der Waals surface area contributed by atoms with Crippen LogP contribution in [0.3, 0.4) is 0 Å². The number of nitrogens with zero attached hydrogens (tertiary/aromatic N) is 1. The topological polar surface area (TPSA) is 3.24 Å². The lowest BCUT2D eigenvalue weighted by molar-refractivity contribution is 0.928. The predicted octanol–water partition coefficient (Wildman–Crippen LogP) is 2.42. The second-order valence-electron chi connectivity index (χ2n) is 4.17. The monoisotopic (exact) mass is 185 g/mol. The van der Waals surface area contributed by atoms with Crippen molar-refractivity contribution < 1.29 is 0 Å². The standard InChI is InChI=1S/C13H15N/c1-4-13(8-9-13)11-6-5-7-12(10-11)14(2)3/h1,5-7,10H,8-9H2,2-3H3. The minimum atomic E-state index is 0.0615. The van der Waals surface area contributed by atoms with Crippen LogP contribution in [0.2, 0.25) is 0 Å². The molecule has 1 aromatic carbocycles. The molecule has 1 heteroatoms. The summed E-state index contributed by atoms with van der Waals surface area (Å²) in [6.07, 6.45) is 7.84. The van der Waals surface area contributed by atoms with E-state index >= 15 is 0 Å². The van der Waals surface area contributed by atoms with Gasteiger partial charge in [-0.25, -0.2) is 0 Å². The van der Waals surface area contributed by atoms with Crippen LogP contribution in [0.5, 0.6) is 0 Å². The summed E-state index contributed by atoms with van der Waals surface area (Å²) in [5.74, 6) is 2.92. The van der Waals surface area contributed by atoms with Crippen LogP contribution in [-0.4, -0.2) is 14.1 Å². The summed E-state index contributed by atoms with van der Waals surface area (Å²) in [7, 11) is 4.10. The molecular weight excluding hydrogens is 170 g/mol. The summed E-state index contributed by atoms with van der Waals surface area (Å²) in [6.45, 7) is 0. The minimum absolute atomic E-state index is 0.0615. The van der Waals surface area contributed by atoms with Gasteiger partial charge in [-0.05, 0) is 30.5 Å². The van der Waals surface area contributed by atoms with Crippen LogP contribution < -0.4 is 4.90 Å². The summed E-state index contributed by atoms with van der Waals surface area (Å²) >= 11 is 0. The first kappa shape index (κ1) is 9.15. The van der Waals surface area contributed by atoms with Crippen molar-refractivity contribution in [1.82, 2.24) is 0 Å². The Kier molecular flexibility index (Phi) is 2.00. The Morgan fingerprint density at radius 2 is 2.07 bits per heavy atom. The molecule has 0 unspecified atom stereocenters. The van der Waals surface area contributed by atoms with E-state index in [9.17, 15) is 0 Å². The molecule has 1 aliphatic carbocycles. The summed E-state index contributed by atoms with van der Waals surface area (Å²) in [6, 6.07) is 8.53. The molecule has 0 saturated heterocycles. The van der Waals surface area contributed by atoms with E-state index in [-0.39, 0.29) is 5.41 Å². The van der Waals surface area contributed by atoms with Crippen LogP contribution >= 0.6 is 0 Å². The predicted molar refractivity (Wildman–Crippen MR) is 60.5 cm³/mol. The highest BCUT2D eigenvalue weighted by Crippen LogP contribution is 2.47. The van der Waals surface area contributed by atoms with Gasteiger partial charge in [-0.2, -0.15) is 0 Å². The molecule has 1 aliphatic rings. The van der Waals surface area contributed by atoms with E-state index in [2.05, 4.69) is 49.2 Å². The van der Waals surface area contributed by atoms with Crippen LogP contribution in [0.1, 0.15) is 18.4 Å². The van der Waals surface area contributed by atoms with E-state index < -0.39 is 0 Å². The fourth-order valence-electron chi connectivity index (χ4n) is 1.72. The van der Waals surface area contributed by atoms with Gasteiger partial charge >= 0.3 is 0 Å². The first-order valence-corrected chi connectivity index (χ1v) is 4.94. The van der Waals surface area contributed by atoms with E-state index in [1.54, 1.807) is 0 Å². The Hall–Kier alpha value is -1.42. The Morgan fingerprint density at radius 3 is 2.57 bits per heavy atom. The normalized spacial score (nSPS) is 17.2. The van der Waals surface area contributed by atoms with E-state index in [1.807, 2.05) is 0 Å². The number of terminal acetylenes is 1. The van der Waals surface area contributed by atoms with Crippen LogP contribution in [-0.2, 0) is 5.41 Å². The van der Waals surface area contributed by atoms with Crippen molar-refractivity contribution in [3.63, 3.8) is 0 Å². The second kappa shape index (κ2) is 3.06. The van der Waals surface area contributed by atoms with Crippen LogP contribution in [0, 0.1) is 12.3 Å². The molecule has 14 heavy (non-hydrogen) atoms. The number of rotatable bonds is 2. The highest BCUT2D eigenvalue weighted by molar-refractivity contribution is 5.52. The molecule has 0 aliphatic heterocycles. The molecule has 1 aromatic rings. The smallest absolute Gasteiger partial charge is 0.0562 e. The molecule has 2 rings (SSSR count). The lowest BCUT2D eigenvalue weighted by Crippen LogP contribution is -2.10. The molecule has 1 nitrogen and oxygen atoms in total. The third-order valence-corrected chi connectivity index (χ3v) is 2.94. The summed E-state index contributed by atoms with van der Waals surface area (Å²) < 4.78 is 0. The van der Waals surface area contributed by atoms with Crippen molar-refractivity contribution in [1.29, 1.82) is 0 Å². The Balaban J connectivity index is 2.37. The number of benzene rings is 1. The van der Waals surface area contributed by atoms with Gasteiger partial charge in [-0.1, -0.05) is 18.1 Å². The van der Waals surface area contributed by atoms with E-state index in [4.69, 9.17) is 6.42 Å². The zero-order chi connectivity index (χ0) is 10.2. The molecular formula is C13H15N. The van der Waals surface area contributed by atoms with Gasteiger partial charge in [0.15, 0.2) is 0 Å². The Morgan fingerprint density at radius 1 is 1.36 bits per heavy atom. The van der Waals surface area contributed by atoms with Gasteiger partial charge < -0.3 is 4.90 Å². The third kappa shape index (κ3) is 1.37. The van der Waals surface area contributed by atoms with Crippen molar-refractivity contribution >= 4 is 5.69 Å². The zero-order valence-corrected chi connectivity index (χ0v) is 8.75. The zero-order valence-electron chi connectivity index (χ0n) is 8.75. The maximum Gasteiger partial charge on any atom is 0.0562 e. The number of hydrogen-bond donors (Lipinski definition) is 0. The first-order chi connectivity index (χ1) is 6.68. The summed E-state index contributed by atoms with van der Waals surface area (Å²) in [4.78, 5) is 2.11. The van der Waals surface area contributed by atoms with Crippen LogP contribution in [0.25, 0.3) is 0 Å². The van der Waals surface area contributed by atoms with Crippen molar-refractivity contribution in [3.8, 4) is 12.3 Å². The highest BCUT2D eigenvalue weighted by atomic mass is 15.1. The molecule has 72 valence electrons. The van der Waals surface area contributed by atoms with Gasteiger partial charge in [0.25, 0.3) is 0 Å². The number of anilines is 1. The maximum absolute atomic E-state index is 5.56. The van der Waals surface area contributed by atoms with Crippen molar-refractivity contribution in [2.24, 2.45) is 0 Å². The summed E-state index contributed by atoms with van der Waals surface area (Å²) in [5.41, 5.74) is 2.58. The first-order valence-electron chi connectivity index (χ1n) is 4.94. The molecule has 0 spiro atoms. The van der Waals surface area contributed by atoms with Gasteiger partial charge in [0, 0.05) is 19.8 Å². The third-order valence-electron chi connectivity index (χ3n) is 2.94. The fraction of sp³-hybridized carbons (Fsp3) is 0.385. The molecule has 1 saturated carbocycles. The average Bonchev–Trinajstić information content (AvgIpc) is 2.98.